The fourth-order valence-corrected chi connectivity index (χ4v) is 3.05. The number of furan rings is 1. The number of hydrogen-bond donors (Lipinski definition) is 1. The molecule has 2 heterocycles. The number of amides is 1. The van der Waals surface area contributed by atoms with Gasteiger partial charge in [-0.1, -0.05) is 6.07 Å². The Morgan fingerprint density at radius 2 is 2.15 bits per heavy atom. The monoisotopic (exact) mass is 357 g/mol. The predicted octanol–water partition coefficient (Wildman–Crippen LogP) is 3.76. The number of rotatable bonds is 4. The minimum Gasteiger partial charge on any atom is -0.496 e. The van der Waals surface area contributed by atoms with Gasteiger partial charge in [-0.25, -0.2) is 0 Å². The lowest BCUT2D eigenvalue weighted by atomic mass is 10.0. The summed E-state index contributed by atoms with van der Waals surface area (Å²) in [7, 11) is 1.47. The van der Waals surface area contributed by atoms with E-state index in [1.807, 2.05) is 30.3 Å². The summed E-state index contributed by atoms with van der Waals surface area (Å²) in [5.74, 6) is 0.0458. The molecule has 1 aliphatic rings. The first-order valence-corrected chi connectivity index (χ1v) is 8.29. The number of hydrogen-bond acceptors (Lipinski definition) is 5. The van der Waals surface area contributed by atoms with Crippen LogP contribution in [0, 0.1) is 11.3 Å². The molecule has 0 atom stereocenters. The minimum atomic E-state index is -0.309. The average Bonchev–Trinajstić information content (AvgIpc) is 3.36. The maximum atomic E-state index is 12.7. The number of methoxy groups -OCH3 is 1. The maximum Gasteiger partial charge on any atom is 0.259 e. The van der Waals surface area contributed by atoms with Crippen LogP contribution in [0.2, 0.25) is 0 Å². The molecule has 0 fully saturated rings. The number of fused-ring (bicyclic) bond motifs is 1. The van der Waals surface area contributed by atoms with Crippen molar-refractivity contribution < 1.29 is 13.9 Å². The van der Waals surface area contributed by atoms with Crippen LogP contribution >= 0.6 is 0 Å². The quantitative estimate of drug-likeness (QED) is 0.770. The Morgan fingerprint density at radius 1 is 1.26 bits per heavy atom. The van der Waals surface area contributed by atoms with E-state index >= 15 is 0 Å². The molecule has 3 aromatic rings. The molecule has 27 heavy (non-hydrogen) atoms. The van der Waals surface area contributed by atoms with Gasteiger partial charge in [-0.15, -0.1) is 0 Å². The zero-order valence-electron chi connectivity index (χ0n) is 14.5. The SMILES string of the molecule is COc1cc(C#N)ccc1C(=O)Nc1ccc2c(c1)C(c1ccoc1)=NC2. The maximum absolute atomic E-state index is 12.7. The molecule has 4 rings (SSSR count). The van der Waals surface area contributed by atoms with Crippen LogP contribution in [0.4, 0.5) is 5.69 Å². The van der Waals surface area contributed by atoms with Crippen molar-refractivity contribution in [3.8, 4) is 11.8 Å². The Balaban J connectivity index is 1.61. The van der Waals surface area contributed by atoms with Crippen LogP contribution in [0.25, 0.3) is 0 Å². The standard InChI is InChI=1S/C21H15N3O3/c1-26-19-8-13(10-22)2-5-17(19)21(25)24-16-4-3-14-11-23-20(18(14)9-16)15-6-7-27-12-15/h2-9,12H,11H2,1H3,(H,24,25). The number of anilines is 1. The Bertz CT molecular complexity index is 1090. The Kier molecular flexibility index (Phi) is 4.19. The number of ether oxygens (including phenoxy) is 1. The molecule has 0 unspecified atom stereocenters. The summed E-state index contributed by atoms with van der Waals surface area (Å²) in [5, 5.41) is 11.9. The highest BCUT2D eigenvalue weighted by atomic mass is 16.5. The van der Waals surface area contributed by atoms with Gasteiger partial charge in [0.15, 0.2) is 0 Å². The smallest absolute Gasteiger partial charge is 0.259 e. The zero-order chi connectivity index (χ0) is 18.8. The van der Waals surface area contributed by atoms with Crippen LogP contribution in [0.15, 0.2) is 64.4 Å². The number of aliphatic imine (C=N–C) groups is 1. The molecule has 0 radical (unpaired) electrons. The van der Waals surface area contributed by atoms with Crippen LogP contribution in [-0.2, 0) is 6.54 Å². The third-order valence-electron chi connectivity index (χ3n) is 4.40. The van der Waals surface area contributed by atoms with Gasteiger partial charge in [0.25, 0.3) is 5.91 Å². The van der Waals surface area contributed by atoms with E-state index in [1.165, 1.54) is 7.11 Å². The van der Waals surface area contributed by atoms with E-state index < -0.39 is 0 Å². The molecule has 0 saturated carbocycles. The highest BCUT2D eigenvalue weighted by molar-refractivity contribution is 6.16. The topological polar surface area (TPSA) is 87.6 Å². The van der Waals surface area contributed by atoms with Gasteiger partial charge in [0.1, 0.15) is 5.75 Å². The van der Waals surface area contributed by atoms with E-state index in [9.17, 15) is 4.79 Å². The van der Waals surface area contributed by atoms with Gasteiger partial charge < -0.3 is 14.5 Å². The average molecular weight is 357 g/mol. The normalized spacial score (nSPS) is 12.1. The van der Waals surface area contributed by atoms with E-state index in [0.717, 1.165) is 22.4 Å². The molecule has 2 aromatic carbocycles. The number of carbonyl (C=O) groups is 1. The molecule has 1 N–H and O–H groups in total. The largest absolute Gasteiger partial charge is 0.496 e. The van der Waals surface area contributed by atoms with Crippen molar-refractivity contribution in [1.29, 1.82) is 5.26 Å². The highest BCUT2D eigenvalue weighted by Gasteiger charge is 2.20. The lowest BCUT2D eigenvalue weighted by Gasteiger charge is -2.11. The predicted molar refractivity (Wildman–Crippen MR) is 100 cm³/mol. The summed E-state index contributed by atoms with van der Waals surface area (Å²) >= 11 is 0. The van der Waals surface area contributed by atoms with Gasteiger partial charge in [0.2, 0.25) is 0 Å². The van der Waals surface area contributed by atoms with Crippen molar-refractivity contribution in [3.63, 3.8) is 0 Å². The summed E-state index contributed by atoms with van der Waals surface area (Å²) in [6, 6.07) is 14.3. The summed E-state index contributed by atoms with van der Waals surface area (Å²) in [5.41, 5.74) is 5.28. The van der Waals surface area contributed by atoms with E-state index in [2.05, 4.69) is 10.3 Å². The van der Waals surface area contributed by atoms with Gasteiger partial charge >= 0.3 is 0 Å². The van der Waals surface area contributed by atoms with E-state index in [1.54, 1.807) is 30.7 Å². The van der Waals surface area contributed by atoms with Crippen molar-refractivity contribution in [3.05, 3.63) is 82.8 Å². The summed E-state index contributed by atoms with van der Waals surface area (Å²) in [6.45, 7) is 0.605. The third kappa shape index (κ3) is 3.07. The van der Waals surface area contributed by atoms with Crippen LogP contribution in [0.1, 0.15) is 32.6 Å². The van der Waals surface area contributed by atoms with Crippen molar-refractivity contribution in [2.75, 3.05) is 12.4 Å². The minimum absolute atomic E-state index is 0.309. The fourth-order valence-electron chi connectivity index (χ4n) is 3.05. The van der Waals surface area contributed by atoms with Crippen LogP contribution in [0.5, 0.6) is 5.75 Å². The number of benzene rings is 2. The Labute approximate surface area is 155 Å². The van der Waals surface area contributed by atoms with Crippen LogP contribution in [-0.4, -0.2) is 18.7 Å². The summed E-state index contributed by atoms with van der Waals surface area (Å²) in [4.78, 5) is 17.2. The second-order valence-electron chi connectivity index (χ2n) is 6.03. The zero-order valence-corrected chi connectivity index (χ0v) is 14.5. The first kappa shape index (κ1) is 16.6. The molecule has 0 bridgehead atoms. The molecular formula is C21H15N3O3. The van der Waals surface area contributed by atoms with Gasteiger partial charge in [0.05, 0.1) is 49.1 Å². The van der Waals surface area contributed by atoms with Crippen LogP contribution in [0.3, 0.4) is 0 Å². The molecular weight excluding hydrogens is 342 g/mol. The van der Waals surface area contributed by atoms with Gasteiger partial charge in [0, 0.05) is 16.8 Å². The van der Waals surface area contributed by atoms with Crippen molar-refractivity contribution in [1.82, 2.24) is 0 Å². The second kappa shape index (κ2) is 6.81. The second-order valence-corrected chi connectivity index (χ2v) is 6.03. The molecule has 1 amide bonds. The molecule has 6 nitrogen and oxygen atoms in total. The molecule has 6 heteroatoms. The Hall–Kier alpha value is -3.85. The number of nitrogens with zero attached hydrogens (tertiary/aromatic N) is 2. The molecule has 0 saturated heterocycles. The van der Waals surface area contributed by atoms with Crippen molar-refractivity contribution >= 4 is 17.3 Å². The van der Waals surface area contributed by atoms with Gasteiger partial charge in [-0.3, -0.25) is 9.79 Å². The van der Waals surface area contributed by atoms with Gasteiger partial charge in [-0.05, 0) is 42.0 Å². The molecule has 132 valence electrons. The molecule has 0 aliphatic carbocycles. The van der Waals surface area contributed by atoms with Gasteiger partial charge in [-0.2, -0.15) is 5.26 Å². The summed E-state index contributed by atoms with van der Waals surface area (Å²) in [6.07, 6.45) is 3.26. The fraction of sp³-hybridized carbons (Fsp3) is 0.0952. The van der Waals surface area contributed by atoms with E-state index in [0.29, 0.717) is 29.1 Å². The highest BCUT2D eigenvalue weighted by Crippen LogP contribution is 2.27. The first-order valence-electron chi connectivity index (χ1n) is 8.29. The van der Waals surface area contributed by atoms with Crippen molar-refractivity contribution in [2.24, 2.45) is 4.99 Å². The first-order chi connectivity index (χ1) is 13.2. The lowest BCUT2D eigenvalue weighted by Crippen LogP contribution is -2.14. The van der Waals surface area contributed by atoms with E-state index in [4.69, 9.17) is 14.4 Å². The Morgan fingerprint density at radius 3 is 2.89 bits per heavy atom. The molecule has 1 aliphatic heterocycles. The van der Waals surface area contributed by atoms with Crippen LogP contribution < -0.4 is 10.1 Å². The van der Waals surface area contributed by atoms with Crippen molar-refractivity contribution in [2.45, 2.75) is 6.54 Å². The lowest BCUT2D eigenvalue weighted by molar-refractivity contribution is 0.102. The number of nitrogens with one attached hydrogen (secondary N) is 1. The molecule has 1 aromatic heterocycles. The third-order valence-corrected chi connectivity index (χ3v) is 4.40. The molecule has 0 spiro atoms. The number of carbonyl (C=O) groups excluding carboxylic acids is 1. The summed E-state index contributed by atoms with van der Waals surface area (Å²) < 4.78 is 10.4. The number of nitriles is 1. The van der Waals surface area contributed by atoms with E-state index in [-0.39, 0.29) is 5.91 Å².